The molecule has 1 aromatic carbocycles. The second-order valence-electron chi connectivity index (χ2n) is 5.57. The SMILES string of the molecule is CC(C)(C)[C@@H](O)[C@@H](N)c1ccc(F)c(C(F)(F)F)c1. The van der Waals surface area contributed by atoms with Crippen molar-refractivity contribution >= 4 is 0 Å². The molecule has 0 saturated heterocycles. The molecule has 0 saturated carbocycles. The van der Waals surface area contributed by atoms with Gasteiger partial charge in [-0.25, -0.2) is 4.39 Å². The molecule has 0 heterocycles. The summed E-state index contributed by atoms with van der Waals surface area (Å²) in [5, 5.41) is 9.97. The lowest BCUT2D eigenvalue weighted by Gasteiger charge is -2.31. The molecule has 0 aromatic heterocycles. The molecule has 108 valence electrons. The summed E-state index contributed by atoms with van der Waals surface area (Å²) in [5.41, 5.74) is 3.83. The fraction of sp³-hybridized carbons (Fsp3) is 0.538. The summed E-state index contributed by atoms with van der Waals surface area (Å²) in [5.74, 6) is -1.35. The van der Waals surface area contributed by atoms with Gasteiger partial charge in [-0.2, -0.15) is 13.2 Å². The van der Waals surface area contributed by atoms with Gasteiger partial charge in [-0.15, -0.1) is 0 Å². The van der Waals surface area contributed by atoms with Crippen LogP contribution in [0.25, 0.3) is 0 Å². The molecule has 0 radical (unpaired) electrons. The van der Waals surface area contributed by atoms with Crippen molar-refractivity contribution in [3.63, 3.8) is 0 Å². The Hall–Kier alpha value is -1.14. The average Bonchev–Trinajstić information content (AvgIpc) is 2.25. The lowest BCUT2D eigenvalue weighted by atomic mass is 9.82. The summed E-state index contributed by atoms with van der Waals surface area (Å²) in [4.78, 5) is 0. The zero-order chi connectivity index (χ0) is 15.0. The number of aliphatic hydroxyl groups is 1. The highest BCUT2D eigenvalue weighted by Crippen LogP contribution is 2.35. The van der Waals surface area contributed by atoms with Crippen molar-refractivity contribution in [3.8, 4) is 0 Å². The first-order valence-electron chi connectivity index (χ1n) is 5.75. The van der Waals surface area contributed by atoms with Gasteiger partial charge < -0.3 is 10.8 Å². The molecule has 0 fully saturated rings. The smallest absolute Gasteiger partial charge is 0.391 e. The van der Waals surface area contributed by atoms with E-state index in [1.165, 1.54) is 0 Å². The van der Waals surface area contributed by atoms with Crippen molar-refractivity contribution in [1.82, 2.24) is 0 Å². The predicted molar refractivity (Wildman–Crippen MR) is 63.8 cm³/mol. The van der Waals surface area contributed by atoms with Gasteiger partial charge in [-0.1, -0.05) is 26.8 Å². The number of halogens is 4. The van der Waals surface area contributed by atoms with Crippen molar-refractivity contribution in [2.75, 3.05) is 0 Å². The summed E-state index contributed by atoms with van der Waals surface area (Å²) >= 11 is 0. The van der Waals surface area contributed by atoms with Gasteiger partial charge in [0.15, 0.2) is 0 Å². The van der Waals surface area contributed by atoms with E-state index < -0.39 is 35.1 Å². The normalized spacial score (nSPS) is 16.3. The van der Waals surface area contributed by atoms with E-state index in [1.54, 1.807) is 20.8 Å². The second kappa shape index (κ2) is 5.09. The first-order chi connectivity index (χ1) is 8.44. The van der Waals surface area contributed by atoms with E-state index in [1.807, 2.05) is 0 Å². The molecule has 6 heteroatoms. The van der Waals surface area contributed by atoms with Crippen LogP contribution >= 0.6 is 0 Å². The molecule has 0 aliphatic carbocycles. The highest BCUT2D eigenvalue weighted by atomic mass is 19.4. The summed E-state index contributed by atoms with van der Waals surface area (Å²) in [7, 11) is 0. The zero-order valence-electron chi connectivity index (χ0n) is 10.9. The minimum absolute atomic E-state index is 0.0520. The fourth-order valence-electron chi connectivity index (χ4n) is 1.69. The van der Waals surface area contributed by atoms with Crippen LogP contribution in [0.1, 0.15) is 37.9 Å². The minimum atomic E-state index is -4.79. The van der Waals surface area contributed by atoms with Crippen LogP contribution < -0.4 is 5.73 Å². The molecule has 1 rings (SSSR count). The van der Waals surface area contributed by atoms with Crippen LogP contribution in [0.4, 0.5) is 17.6 Å². The van der Waals surface area contributed by atoms with Gasteiger partial charge in [0.25, 0.3) is 0 Å². The molecule has 19 heavy (non-hydrogen) atoms. The fourth-order valence-corrected chi connectivity index (χ4v) is 1.69. The van der Waals surface area contributed by atoms with Gasteiger partial charge in [0.2, 0.25) is 0 Å². The lowest BCUT2D eigenvalue weighted by molar-refractivity contribution is -0.140. The Balaban J connectivity index is 3.16. The third kappa shape index (κ3) is 3.67. The molecule has 2 atom stereocenters. The maximum atomic E-state index is 13.1. The van der Waals surface area contributed by atoms with Gasteiger partial charge >= 0.3 is 6.18 Å². The zero-order valence-corrected chi connectivity index (χ0v) is 10.9. The van der Waals surface area contributed by atoms with E-state index in [-0.39, 0.29) is 5.56 Å². The van der Waals surface area contributed by atoms with Crippen molar-refractivity contribution in [2.24, 2.45) is 11.1 Å². The highest BCUT2D eigenvalue weighted by Gasteiger charge is 2.36. The van der Waals surface area contributed by atoms with Crippen molar-refractivity contribution < 1.29 is 22.7 Å². The van der Waals surface area contributed by atoms with Gasteiger partial charge in [0, 0.05) is 0 Å². The summed E-state index contributed by atoms with van der Waals surface area (Å²) in [6.07, 6.45) is -5.83. The Morgan fingerprint density at radius 2 is 1.68 bits per heavy atom. The maximum absolute atomic E-state index is 13.1. The Bertz CT molecular complexity index is 451. The molecular formula is C13H17F4NO. The Kier molecular flexibility index (Phi) is 4.27. The van der Waals surface area contributed by atoms with Crippen LogP contribution in [0.3, 0.4) is 0 Å². The van der Waals surface area contributed by atoms with E-state index in [2.05, 4.69) is 0 Å². The quantitative estimate of drug-likeness (QED) is 0.816. The molecule has 0 aliphatic rings. The Morgan fingerprint density at radius 3 is 2.11 bits per heavy atom. The molecule has 0 amide bonds. The van der Waals surface area contributed by atoms with Gasteiger partial charge in [0.1, 0.15) is 5.82 Å². The molecule has 0 unspecified atom stereocenters. The number of rotatable bonds is 2. The third-order valence-corrected chi connectivity index (χ3v) is 2.91. The average molecular weight is 279 g/mol. The highest BCUT2D eigenvalue weighted by molar-refractivity contribution is 5.30. The summed E-state index contributed by atoms with van der Waals surface area (Å²) in [6, 6.07) is 1.51. The maximum Gasteiger partial charge on any atom is 0.419 e. The Morgan fingerprint density at radius 1 is 1.16 bits per heavy atom. The van der Waals surface area contributed by atoms with Gasteiger partial charge in [-0.05, 0) is 23.1 Å². The summed E-state index contributed by atoms with van der Waals surface area (Å²) < 4.78 is 50.9. The number of aliphatic hydroxyl groups excluding tert-OH is 1. The number of benzene rings is 1. The van der Waals surface area contributed by atoms with Gasteiger partial charge in [0.05, 0.1) is 17.7 Å². The monoisotopic (exact) mass is 279 g/mol. The van der Waals surface area contributed by atoms with Crippen LogP contribution in [0.15, 0.2) is 18.2 Å². The van der Waals surface area contributed by atoms with Crippen LogP contribution in [0, 0.1) is 11.2 Å². The van der Waals surface area contributed by atoms with Crippen molar-refractivity contribution in [3.05, 3.63) is 35.1 Å². The number of nitrogens with two attached hydrogens (primary N) is 1. The second-order valence-corrected chi connectivity index (χ2v) is 5.57. The Labute approximate surface area is 109 Å². The van der Waals surface area contributed by atoms with E-state index in [9.17, 15) is 22.7 Å². The van der Waals surface area contributed by atoms with Crippen LogP contribution in [0.2, 0.25) is 0 Å². The van der Waals surface area contributed by atoms with E-state index in [0.717, 1.165) is 6.07 Å². The molecule has 0 spiro atoms. The molecule has 1 aromatic rings. The largest absolute Gasteiger partial charge is 0.419 e. The molecule has 2 nitrogen and oxygen atoms in total. The van der Waals surface area contributed by atoms with E-state index in [4.69, 9.17) is 5.73 Å². The topological polar surface area (TPSA) is 46.2 Å². The van der Waals surface area contributed by atoms with E-state index >= 15 is 0 Å². The van der Waals surface area contributed by atoms with E-state index in [0.29, 0.717) is 12.1 Å². The first-order valence-corrected chi connectivity index (χ1v) is 5.75. The minimum Gasteiger partial charge on any atom is -0.391 e. The predicted octanol–water partition coefficient (Wildman–Crippen LogP) is 3.25. The first kappa shape index (κ1) is 15.9. The number of alkyl halides is 3. The number of hydrogen-bond donors (Lipinski definition) is 2. The van der Waals surface area contributed by atoms with Crippen LogP contribution in [-0.4, -0.2) is 11.2 Å². The summed E-state index contributed by atoms with van der Waals surface area (Å²) in [6.45, 7) is 5.14. The molecule has 0 bridgehead atoms. The van der Waals surface area contributed by atoms with Crippen LogP contribution in [-0.2, 0) is 6.18 Å². The van der Waals surface area contributed by atoms with Crippen LogP contribution in [0.5, 0.6) is 0 Å². The molecule has 3 N–H and O–H groups in total. The van der Waals surface area contributed by atoms with Crippen molar-refractivity contribution in [2.45, 2.75) is 39.1 Å². The third-order valence-electron chi connectivity index (χ3n) is 2.91. The lowest BCUT2D eigenvalue weighted by Crippen LogP contribution is -2.37. The molecular weight excluding hydrogens is 262 g/mol. The van der Waals surface area contributed by atoms with Crippen molar-refractivity contribution in [1.29, 1.82) is 0 Å². The molecule has 0 aliphatic heterocycles. The van der Waals surface area contributed by atoms with Gasteiger partial charge in [-0.3, -0.25) is 0 Å². The number of hydrogen-bond acceptors (Lipinski definition) is 2. The standard InChI is InChI=1S/C13H17F4NO/c1-12(2,3)11(19)10(18)7-4-5-9(14)8(6-7)13(15,16)17/h4-6,10-11,19H,18H2,1-3H3/t10-,11-/m0/s1.